The van der Waals surface area contributed by atoms with Crippen LogP contribution < -0.4 is 0 Å². The van der Waals surface area contributed by atoms with Gasteiger partial charge in [0.25, 0.3) is 0 Å². The second-order valence-corrected chi connectivity index (χ2v) is 12.9. The Hall–Kier alpha value is -6.91. The number of nitrogens with zero attached hydrogens (tertiary/aromatic N) is 4. The first-order chi connectivity index (χ1) is 25.3. The third-order valence-electron chi connectivity index (χ3n) is 9.76. The minimum absolute atomic E-state index is 0.704. The van der Waals surface area contributed by atoms with Crippen LogP contribution in [0.4, 0.5) is 0 Å². The molecule has 0 atom stereocenters. The van der Waals surface area contributed by atoms with Gasteiger partial charge in [-0.05, 0) is 47.2 Å². The maximum absolute atomic E-state index is 5.45. The Morgan fingerprint density at radius 3 is 1.65 bits per heavy atom. The van der Waals surface area contributed by atoms with Crippen molar-refractivity contribution in [2.45, 2.75) is 0 Å². The summed E-state index contributed by atoms with van der Waals surface area (Å²) in [7, 11) is 0. The van der Waals surface area contributed by atoms with Gasteiger partial charge in [0.2, 0.25) is 0 Å². The molecule has 0 aliphatic heterocycles. The fourth-order valence-electron chi connectivity index (χ4n) is 7.34. The Bertz CT molecular complexity index is 2820. The predicted molar refractivity (Wildman–Crippen MR) is 211 cm³/mol. The summed E-state index contributed by atoms with van der Waals surface area (Å²) in [5.74, 6) is 0.704. The molecule has 0 bridgehead atoms. The Labute approximate surface area is 295 Å². The fourth-order valence-corrected chi connectivity index (χ4v) is 7.34. The molecule has 0 saturated carbocycles. The highest BCUT2D eigenvalue weighted by Gasteiger charge is 2.21. The topological polar surface area (TPSA) is 43.6 Å². The zero-order chi connectivity index (χ0) is 33.7. The van der Waals surface area contributed by atoms with E-state index in [0.717, 1.165) is 72.3 Å². The Morgan fingerprint density at radius 1 is 0.392 bits per heavy atom. The summed E-state index contributed by atoms with van der Waals surface area (Å²) in [6.07, 6.45) is 0. The van der Waals surface area contributed by atoms with Gasteiger partial charge in [0.1, 0.15) is 0 Å². The number of hydrogen-bond acceptors (Lipinski definition) is 3. The van der Waals surface area contributed by atoms with E-state index in [1.807, 2.05) is 36.4 Å². The molecule has 10 aromatic rings. The molecule has 0 spiro atoms. The number of benzene rings is 7. The highest BCUT2D eigenvalue weighted by Crippen LogP contribution is 2.42. The van der Waals surface area contributed by atoms with Crippen LogP contribution >= 0.6 is 0 Å². The molecule has 0 amide bonds. The molecule has 0 unspecified atom stereocenters. The SMILES string of the molecule is c1ccc(-c2cc(-c3ccc(-c4nc5cc6ccccc6cc5c5c4c4ccccc4n5-c4ccccc4)cc3)nc(-c3ccccc3)n2)cc1. The molecule has 0 aliphatic rings. The van der Waals surface area contributed by atoms with Gasteiger partial charge in [-0.15, -0.1) is 0 Å². The van der Waals surface area contributed by atoms with Gasteiger partial charge < -0.3 is 4.57 Å². The Kier molecular flexibility index (Phi) is 6.78. The number of rotatable bonds is 5. The average molecular weight is 651 g/mol. The van der Waals surface area contributed by atoms with Crippen molar-refractivity contribution < 1.29 is 0 Å². The summed E-state index contributed by atoms with van der Waals surface area (Å²) in [4.78, 5) is 15.5. The minimum atomic E-state index is 0.704. The molecule has 0 radical (unpaired) electrons. The molecule has 4 nitrogen and oxygen atoms in total. The molecule has 7 aromatic carbocycles. The van der Waals surface area contributed by atoms with E-state index in [1.54, 1.807) is 0 Å². The van der Waals surface area contributed by atoms with Crippen LogP contribution in [-0.2, 0) is 0 Å². The first-order valence-electron chi connectivity index (χ1n) is 17.2. The molecule has 0 saturated heterocycles. The van der Waals surface area contributed by atoms with Crippen LogP contribution in [0.15, 0.2) is 182 Å². The monoisotopic (exact) mass is 650 g/mol. The first-order valence-corrected chi connectivity index (χ1v) is 17.2. The fraction of sp³-hybridized carbons (Fsp3) is 0. The van der Waals surface area contributed by atoms with E-state index < -0.39 is 0 Å². The molecule has 0 N–H and O–H groups in total. The van der Waals surface area contributed by atoms with Crippen LogP contribution in [0.3, 0.4) is 0 Å². The summed E-state index contributed by atoms with van der Waals surface area (Å²) >= 11 is 0. The lowest BCUT2D eigenvalue weighted by molar-refractivity contribution is 1.18. The predicted octanol–water partition coefficient (Wildman–Crippen LogP) is 11.9. The standard InChI is InChI=1S/C47H30N4/c1-4-14-31(15-5-1)40-30-41(50-47(49-40)34-16-6-2-7-17-34)32-24-26-33(27-25-32)45-44-38-22-12-13-23-43(38)51(37-20-8-3-9-21-37)46(44)39-28-35-18-10-11-19-36(35)29-42(39)48-45/h1-30H. The molecule has 238 valence electrons. The smallest absolute Gasteiger partial charge is 0.160 e. The summed E-state index contributed by atoms with van der Waals surface area (Å²) < 4.78 is 2.40. The zero-order valence-corrected chi connectivity index (χ0v) is 27.6. The van der Waals surface area contributed by atoms with Crippen molar-refractivity contribution in [1.82, 2.24) is 19.5 Å². The molecular formula is C47H30N4. The van der Waals surface area contributed by atoms with Gasteiger partial charge in [0, 0.05) is 44.1 Å². The van der Waals surface area contributed by atoms with E-state index in [-0.39, 0.29) is 0 Å². The summed E-state index contributed by atoms with van der Waals surface area (Å²) in [6, 6.07) is 63.7. The minimum Gasteiger partial charge on any atom is -0.308 e. The van der Waals surface area contributed by atoms with Crippen LogP contribution in [0.25, 0.3) is 94.3 Å². The summed E-state index contributed by atoms with van der Waals surface area (Å²) in [5.41, 5.74) is 11.2. The molecule has 51 heavy (non-hydrogen) atoms. The van der Waals surface area contributed by atoms with Gasteiger partial charge in [-0.3, -0.25) is 0 Å². The first kappa shape index (κ1) is 29.0. The summed E-state index contributed by atoms with van der Waals surface area (Å²) in [5, 5.41) is 5.82. The number of hydrogen-bond donors (Lipinski definition) is 0. The second-order valence-electron chi connectivity index (χ2n) is 12.9. The number of fused-ring (bicyclic) bond motifs is 6. The Balaban J connectivity index is 1.20. The lowest BCUT2D eigenvalue weighted by Gasteiger charge is -2.13. The zero-order valence-electron chi connectivity index (χ0n) is 27.6. The highest BCUT2D eigenvalue weighted by atomic mass is 15.0. The van der Waals surface area contributed by atoms with Gasteiger partial charge in [-0.25, -0.2) is 15.0 Å². The van der Waals surface area contributed by atoms with E-state index in [1.165, 1.54) is 16.2 Å². The number of aromatic nitrogens is 4. The maximum Gasteiger partial charge on any atom is 0.160 e. The van der Waals surface area contributed by atoms with Crippen molar-refractivity contribution in [3.05, 3.63) is 182 Å². The molecule has 0 aliphatic carbocycles. The molecular weight excluding hydrogens is 621 g/mol. The van der Waals surface area contributed by atoms with Gasteiger partial charge in [-0.1, -0.05) is 146 Å². The number of para-hydroxylation sites is 2. The van der Waals surface area contributed by atoms with E-state index in [2.05, 4.69) is 150 Å². The molecule has 3 aromatic heterocycles. The van der Waals surface area contributed by atoms with Crippen molar-refractivity contribution in [1.29, 1.82) is 0 Å². The van der Waals surface area contributed by atoms with Crippen molar-refractivity contribution in [3.63, 3.8) is 0 Å². The lowest BCUT2D eigenvalue weighted by Crippen LogP contribution is -1.97. The maximum atomic E-state index is 5.45. The number of pyridine rings is 1. The van der Waals surface area contributed by atoms with E-state index in [0.29, 0.717) is 5.82 Å². The molecule has 0 fully saturated rings. The van der Waals surface area contributed by atoms with Crippen LogP contribution in [0, 0.1) is 0 Å². The van der Waals surface area contributed by atoms with Crippen molar-refractivity contribution in [3.8, 4) is 50.8 Å². The third-order valence-corrected chi connectivity index (χ3v) is 9.76. The van der Waals surface area contributed by atoms with Crippen LogP contribution in [-0.4, -0.2) is 19.5 Å². The largest absolute Gasteiger partial charge is 0.308 e. The molecule has 3 heterocycles. The van der Waals surface area contributed by atoms with E-state index in [4.69, 9.17) is 15.0 Å². The Morgan fingerprint density at radius 2 is 0.941 bits per heavy atom. The van der Waals surface area contributed by atoms with Crippen molar-refractivity contribution in [2.75, 3.05) is 0 Å². The average Bonchev–Trinajstić information content (AvgIpc) is 3.56. The summed E-state index contributed by atoms with van der Waals surface area (Å²) in [6.45, 7) is 0. The second kappa shape index (κ2) is 11.9. The highest BCUT2D eigenvalue weighted by molar-refractivity contribution is 6.23. The van der Waals surface area contributed by atoms with Gasteiger partial charge >= 0.3 is 0 Å². The molecule has 4 heteroatoms. The van der Waals surface area contributed by atoms with E-state index in [9.17, 15) is 0 Å². The van der Waals surface area contributed by atoms with Crippen molar-refractivity contribution >= 4 is 43.5 Å². The van der Waals surface area contributed by atoms with Gasteiger partial charge in [0.15, 0.2) is 5.82 Å². The van der Waals surface area contributed by atoms with Gasteiger partial charge in [0.05, 0.1) is 33.6 Å². The van der Waals surface area contributed by atoms with E-state index >= 15 is 0 Å². The van der Waals surface area contributed by atoms with Gasteiger partial charge in [-0.2, -0.15) is 0 Å². The van der Waals surface area contributed by atoms with Crippen LogP contribution in [0.2, 0.25) is 0 Å². The van der Waals surface area contributed by atoms with Crippen molar-refractivity contribution in [2.24, 2.45) is 0 Å². The lowest BCUT2D eigenvalue weighted by atomic mass is 9.99. The normalized spacial score (nSPS) is 11.5. The van der Waals surface area contributed by atoms with Crippen LogP contribution in [0.1, 0.15) is 0 Å². The molecule has 10 rings (SSSR count). The third kappa shape index (κ3) is 4.96. The van der Waals surface area contributed by atoms with Crippen LogP contribution in [0.5, 0.6) is 0 Å². The quantitative estimate of drug-likeness (QED) is 0.174.